The molecule has 24 heavy (non-hydrogen) atoms. The van der Waals surface area contributed by atoms with Crippen LogP contribution in [0.2, 0.25) is 0 Å². The van der Waals surface area contributed by atoms with E-state index in [2.05, 4.69) is 41.1 Å². The van der Waals surface area contributed by atoms with Crippen LogP contribution in [0.5, 0.6) is 0 Å². The highest BCUT2D eigenvalue weighted by atomic mass is 16.1. The third-order valence-electron chi connectivity index (χ3n) is 4.36. The Bertz CT molecular complexity index is 636. The zero-order valence-electron chi connectivity index (χ0n) is 15.1. The highest BCUT2D eigenvalue weighted by Gasteiger charge is 2.18. The fraction of sp³-hybridized carbons (Fsp3) is 0.500. The van der Waals surface area contributed by atoms with Gasteiger partial charge in [0.05, 0.1) is 6.04 Å². The molecule has 0 saturated heterocycles. The van der Waals surface area contributed by atoms with Crippen molar-refractivity contribution in [2.24, 2.45) is 0 Å². The van der Waals surface area contributed by atoms with E-state index in [1.54, 1.807) is 11.0 Å². The Morgan fingerprint density at radius 1 is 1.21 bits per heavy atom. The maximum Gasteiger partial charge on any atom is 0.251 e. The number of carbonyl (C=O) groups excluding carboxylic acids is 1. The summed E-state index contributed by atoms with van der Waals surface area (Å²) in [6.45, 7) is 11.4. The van der Waals surface area contributed by atoms with Crippen LogP contribution < -0.4 is 10.2 Å². The molecule has 0 radical (unpaired) electrons. The Morgan fingerprint density at radius 3 is 2.38 bits per heavy atom. The Hall–Kier alpha value is -2.37. The lowest BCUT2D eigenvalue weighted by Crippen LogP contribution is -2.38. The topological polar surface area (TPSA) is 63.1 Å². The van der Waals surface area contributed by atoms with Gasteiger partial charge in [0.2, 0.25) is 0 Å². The van der Waals surface area contributed by atoms with Gasteiger partial charge in [0.25, 0.3) is 5.91 Å². The average molecular weight is 329 g/mol. The number of rotatable bonds is 7. The summed E-state index contributed by atoms with van der Waals surface area (Å²) in [6, 6.07) is 8.17. The highest BCUT2D eigenvalue weighted by Crippen LogP contribution is 2.18. The average Bonchev–Trinajstić information content (AvgIpc) is 3.09. The second kappa shape index (κ2) is 7.95. The zero-order valence-corrected chi connectivity index (χ0v) is 15.1. The largest absolute Gasteiger partial charge is 0.369 e. The number of nitrogens with zero attached hydrogens (tertiary/aromatic N) is 4. The quantitative estimate of drug-likeness (QED) is 0.848. The fourth-order valence-electron chi connectivity index (χ4n) is 2.72. The van der Waals surface area contributed by atoms with E-state index in [1.165, 1.54) is 6.33 Å². The van der Waals surface area contributed by atoms with Gasteiger partial charge in [-0.05, 0) is 58.9 Å². The van der Waals surface area contributed by atoms with Crippen LogP contribution in [0.1, 0.15) is 51.0 Å². The minimum Gasteiger partial charge on any atom is -0.369 e. The molecule has 2 aromatic rings. The van der Waals surface area contributed by atoms with Crippen LogP contribution in [-0.2, 0) is 0 Å². The van der Waals surface area contributed by atoms with Gasteiger partial charge in [-0.15, -0.1) is 0 Å². The summed E-state index contributed by atoms with van der Waals surface area (Å²) in [5, 5.41) is 7.15. The van der Waals surface area contributed by atoms with Crippen molar-refractivity contribution in [3.63, 3.8) is 0 Å². The van der Waals surface area contributed by atoms with Gasteiger partial charge in [0.1, 0.15) is 12.7 Å². The number of carbonyl (C=O) groups is 1. The number of hydrogen-bond donors (Lipinski definition) is 1. The van der Waals surface area contributed by atoms with Crippen LogP contribution in [0, 0.1) is 0 Å². The number of amides is 1. The molecule has 0 fully saturated rings. The van der Waals surface area contributed by atoms with Gasteiger partial charge in [-0.25, -0.2) is 9.67 Å². The number of aromatic nitrogens is 3. The van der Waals surface area contributed by atoms with E-state index in [9.17, 15) is 4.79 Å². The molecule has 6 heteroatoms. The van der Waals surface area contributed by atoms with E-state index in [1.807, 2.05) is 38.1 Å². The van der Waals surface area contributed by atoms with Crippen molar-refractivity contribution in [3.8, 4) is 0 Å². The second-order valence-corrected chi connectivity index (χ2v) is 6.30. The molecule has 130 valence electrons. The van der Waals surface area contributed by atoms with Crippen molar-refractivity contribution in [2.45, 2.75) is 52.7 Å². The van der Waals surface area contributed by atoms with Crippen molar-refractivity contribution < 1.29 is 4.79 Å². The van der Waals surface area contributed by atoms with Crippen LogP contribution in [-0.4, -0.2) is 39.3 Å². The normalized spacial score (nSPS) is 13.6. The molecule has 0 aliphatic heterocycles. The highest BCUT2D eigenvalue weighted by molar-refractivity contribution is 5.94. The lowest BCUT2D eigenvalue weighted by molar-refractivity contribution is 0.0928. The van der Waals surface area contributed by atoms with E-state index in [0.29, 0.717) is 11.6 Å². The van der Waals surface area contributed by atoms with Gasteiger partial charge in [-0.2, -0.15) is 5.10 Å². The molecule has 2 rings (SSSR count). The van der Waals surface area contributed by atoms with Crippen molar-refractivity contribution in [2.75, 3.05) is 11.4 Å². The minimum absolute atomic E-state index is 0.0345. The first-order valence-corrected chi connectivity index (χ1v) is 8.45. The Labute approximate surface area is 143 Å². The van der Waals surface area contributed by atoms with Crippen molar-refractivity contribution in [1.82, 2.24) is 20.1 Å². The summed E-state index contributed by atoms with van der Waals surface area (Å²) in [5.41, 5.74) is 1.80. The Morgan fingerprint density at radius 2 is 1.88 bits per heavy atom. The smallest absolute Gasteiger partial charge is 0.251 e. The van der Waals surface area contributed by atoms with Gasteiger partial charge in [-0.3, -0.25) is 4.79 Å². The van der Waals surface area contributed by atoms with Crippen LogP contribution in [0.25, 0.3) is 0 Å². The molecule has 1 aromatic heterocycles. The minimum atomic E-state index is -0.0754. The molecule has 1 aromatic carbocycles. The number of nitrogens with one attached hydrogen (secondary N) is 1. The first-order valence-electron chi connectivity index (χ1n) is 8.45. The monoisotopic (exact) mass is 329 g/mol. The Kier molecular flexibility index (Phi) is 5.95. The molecule has 1 N–H and O–H groups in total. The maximum atomic E-state index is 12.4. The molecule has 0 spiro atoms. The Balaban J connectivity index is 2.02. The van der Waals surface area contributed by atoms with Crippen molar-refractivity contribution >= 4 is 11.6 Å². The molecule has 0 aliphatic rings. The molecule has 1 amide bonds. The molecule has 0 aliphatic carbocycles. The van der Waals surface area contributed by atoms with E-state index < -0.39 is 0 Å². The summed E-state index contributed by atoms with van der Waals surface area (Å²) in [6.07, 6.45) is 3.16. The van der Waals surface area contributed by atoms with Crippen LogP contribution in [0.3, 0.4) is 0 Å². The van der Waals surface area contributed by atoms with Crippen LogP contribution in [0.4, 0.5) is 5.69 Å². The van der Waals surface area contributed by atoms with Crippen molar-refractivity contribution in [3.05, 3.63) is 42.5 Å². The molecule has 1 heterocycles. The van der Waals surface area contributed by atoms with E-state index in [-0.39, 0.29) is 18.0 Å². The summed E-state index contributed by atoms with van der Waals surface area (Å²) in [7, 11) is 0. The predicted octanol–water partition coefficient (Wildman–Crippen LogP) is 2.89. The summed E-state index contributed by atoms with van der Waals surface area (Å²) < 4.78 is 1.75. The van der Waals surface area contributed by atoms with Gasteiger partial charge in [-0.1, -0.05) is 0 Å². The third-order valence-corrected chi connectivity index (χ3v) is 4.36. The molecule has 0 bridgehead atoms. The molecular formula is C18H27N5O. The van der Waals surface area contributed by atoms with Crippen LogP contribution in [0.15, 0.2) is 36.9 Å². The van der Waals surface area contributed by atoms with Gasteiger partial charge >= 0.3 is 0 Å². The van der Waals surface area contributed by atoms with E-state index in [0.717, 1.165) is 12.2 Å². The van der Waals surface area contributed by atoms with E-state index in [4.69, 9.17) is 0 Å². The molecule has 6 nitrogen and oxygen atoms in total. The number of hydrogen-bond acceptors (Lipinski definition) is 4. The first-order chi connectivity index (χ1) is 11.4. The second-order valence-electron chi connectivity index (χ2n) is 6.30. The summed E-state index contributed by atoms with van der Waals surface area (Å²) in [4.78, 5) is 18.7. The molecule has 0 unspecified atom stereocenters. The first kappa shape index (κ1) is 18.0. The predicted molar refractivity (Wildman–Crippen MR) is 96.3 cm³/mol. The fourth-order valence-corrected chi connectivity index (χ4v) is 2.72. The number of anilines is 1. The van der Waals surface area contributed by atoms with Crippen LogP contribution >= 0.6 is 0 Å². The van der Waals surface area contributed by atoms with Crippen molar-refractivity contribution in [1.29, 1.82) is 0 Å². The molecular weight excluding hydrogens is 302 g/mol. The lowest BCUT2D eigenvalue weighted by Gasteiger charge is -2.27. The maximum absolute atomic E-state index is 12.4. The van der Waals surface area contributed by atoms with Gasteiger partial charge in [0.15, 0.2) is 0 Å². The standard InChI is InChI=1S/C18H27N5O/c1-6-22(13(2)3)17-9-7-16(8-10-17)18(24)21-14(4)15(5)23-12-19-11-20-23/h7-15H,6H2,1-5H3,(H,21,24)/t14-,15+/m0/s1. The van der Waals surface area contributed by atoms with Gasteiger partial charge < -0.3 is 10.2 Å². The molecule has 0 saturated carbocycles. The van der Waals surface area contributed by atoms with Gasteiger partial charge in [0, 0.05) is 29.9 Å². The van der Waals surface area contributed by atoms with E-state index >= 15 is 0 Å². The molecule has 2 atom stereocenters. The number of benzene rings is 1. The zero-order chi connectivity index (χ0) is 17.7. The summed E-state index contributed by atoms with van der Waals surface area (Å²) >= 11 is 0. The SMILES string of the molecule is CCN(c1ccc(C(=O)N[C@@H](C)[C@@H](C)n2cncn2)cc1)C(C)C. The third kappa shape index (κ3) is 4.13. The summed E-state index contributed by atoms with van der Waals surface area (Å²) in [5.74, 6) is -0.0754. The lowest BCUT2D eigenvalue weighted by atomic mass is 10.1.